The number of nitrogens with zero attached hydrogens (tertiary/aromatic N) is 1. The van der Waals surface area contributed by atoms with E-state index in [1.54, 1.807) is 18.4 Å². The van der Waals surface area contributed by atoms with Gasteiger partial charge in [-0.1, -0.05) is 17.8 Å². The molecular weight excluding hydrogens is 208 g/mol. The lowest BCUT2D eigenvalue weighted by Gasteiger charge is -1.97. The number of thioether (sulfide) groups is 1. The Balaban J connectivity index is 2.66. The molecule has 0 atom stereocenters. The summed E-state index contributed by atoms with van der Waals surface area (Å²) in [7, 11) is 0. The van der Waals surface area contributed by atoms with Crippen LogP contribution in [-0.4, -0.2) is 11.2 Å². The molecule has 14 heavy (non-hydrogen) atoms. The fraction of sp³-hybridized carbons (Fsp3) is 0.222. The van der Waals surface area contributed by atoms with Crippen LogP contribution in [0.15, 0.2) is 27.8 Å². The molecule has 5 heteroatoms. The van der Waals surface area contributed by atoms with Crippen LogP contribution in [0.5, 0.6) is 0 Å². The van der Waals surface area contributed by atoms with Crippen molar-refractivity contribution in [3.8, 4) is 0 Å². The Kier molecular flexibility index (Phi) is 2.41. The molecule has 0 aliphatic carbocycles. The number of oxazole rings is 1. The van der Waals surface area contributed by atoms with Crippen molar-refractivity contribution in [1.29, 1.82) is 0 Å². The normalized spacial score (nSPS) is 11.4. The van der Waals surface area contributed by atoms with Crippen molar-refractivity contribution < 1.29 is 13.2 Å². The van der Waals surface area contributed by atoms with Gasteiger partial charge in [-0.3, -0.25) is 0 Å². The predicted octanol–water partition coefficient (Wildman–Crippen LogP) is 3.49. The molecule has 1 aromatic carbocycles. The molecule has 0 N–H and O–H groups in total. The van der Waals surface area contributed by atoms with Gasteiger partial charge >= 0.3 is 0 Å². The van der Waals surface area contributed by atoms with Crippen LogP contribution in [0, 0.1) is 0 Å². The molecule has 2 aromatic rings. The van der Waals surface area contributed by atoms with Gasteiger partial charge in [0.25, 0.3) is 11.6 Å². The average molecular weight is 215 g/mol. The summed E-state index contributed by atoms with van der Waals surface area (Å²) in [5, 5.41) is 0.410. The standard InChI is InChI=1S/C9H7F2NOS/c1-14-9-12-6-4-2-3-5(8(10)11)7(6)13-9/h2-4,8H,1H3. The highest BCUT2D eigenvalue weighted by molar-refractivity contribution is 7.98. The predicted molar refractivity (Wildman–Crippen MR) is 50.7 cm³/mol. The molecule has 0 radical (unpaired) electrons. The van der Waals surface area contributed by atoms with E-state index in [1.165, 1.54) is 17.8 Å². The lowest BCUT2D eigenvalue weighted by atomic mass is 10.2. The number of benzene rings is 1. The van der Waals surface area contributed by atoms with E-state index in [-0.39, 0.29) is 11.1 Å². The number of rotatable bonds is 2. The number of hydrogen-bond donors (Lipinski definition) is 0. The minimum Gasteiger partial charge on any atom is -0.431 e. The summed E-state index contributed by atoms with van der Waals surface area (Å²) >= 11 is 1.29. The zero-order valence-corrected chi connectivity index (χ0v) is 8.15. The number of hydrogen-bond acceptors (Lipinski definition) is 3. The Morgan fingerprint density at radius 3 is 2.86 bits per heavy atom. The van der Waals surface area contributed by atoms with Crippen molar-refractivity contribution in [3.05, 3.63) is 23.8 Å². The van der Waals surface area contributed by atoms with Crippen LogP contribution in [0.3, 0.4) is 0 Å². The molecule has 0 spiro atoms. The van der Waals surface area contributed by atoms with Gasteiger partial charge in [0.1, 0.15) is 5.52 Å². The second-order valence-electron chi connectivity index (χ2n) is 2.68. The molecule has 0 bridgehead atoms. The third kappa shape index (κ3) is 1.48. The topological polar surface area (TPSA) is 26.0 Å². The van der Waals surface area contributed by atoms with Crippen molar-refractivity contribution in [1.82, 2.24) is 4.98 Å². The van der Waals surface area contributed by atoms with E-state index in [4.69, 9.17) is 4.42 Å². The SMILES string of the molecule is CSc1nc2cccc(C(F)F)c2o1. The van der Waals surface area contributed by atoms with Gasteiger partial charge in [-0.05, 0) is 18.4 Å². The first-order valence-electron chi connectivity index (χ1n) is 3.94. The molecule has 0 fully saturated rings. The Morgan fingerprint density at radius 1 is 1.43 bits per heavy atom. The Morgan fingerprint density at radius 2 is 2.21 bits per heavy atom. The van der Waals surface area contributed by atoms with Crippen LogP contribution in [0.4, 0.5) is 8.78 Å². The maximum absolute atomic E-state index is 12.5. The molecule has 1 heterocycles. The quantitative estimate of drug-likeness (QED) is 0.717. The summed E-state index contributed by atoms with van der Waals surface area (Å²) in [6, 6.07) is 4.56. The molecule has 0 aliphatic rings. The van der Waals surface area contributed by atoms with Gasteiger partial charge in [-0.25, -0.2) is 13.8 Å². The third-order valence-electron chi connectivity index (χ3n) is 1.84. The lowest BCUT2D eigenvalue weighted by molar-refractivity contribution is 0.151. The molecule has 2 nitrogen and oxygen atoms in total. The summed E-state index contributed by atoms with van der Waals surface area (Å²) < 4.78 is 30.2. The van der Waals surface area contributed by atoms with E-state index in [1.807, 2.05) is 0 Å². The van der Waals surface area contributed by atoms with Crippen LogP contribution < -0.4 is 0 Å². The van der Waals surface area contributed by atoms with E-state index in [0.29, 0.717) is 10.7 Å². The van der Waals surface area contributed by atoms with E-state index < -0.39 is 6.43 Å². The molecular formula is C9H7F2NOS. The highest BCUT2D eigenvalue weighted by atomic mass is 32.2. The third-order valence-corrected chi connectivity index (χ3v) is 2.36. The molecule has 0 aliphatic heterocycles. The maximum atomic E-state index is 12.5. The van der Waals surface area contributed by atoms with Crippen molar-refractivity contribution >= 4 is 22.9 Å². The van der Waals surface area contributed by atoms with Gasteiger partial charge in [0.05, 0.1) is 5.56 Å². The molecule has 2 rings (SSSR count). The van der Waals surface area contributed by atoms with Crippen molar-refractivity contribution in [2.75, 3.05) is 6.26 Å². The van der Waals surface area contributed by atoms with Crippen LogP contribution in [0.1, 0.15) is 12.0 Å². The van der Waals surface area contributed by atoms with Crippen LogP contribution in [0.2, 0.25) is 0 Å². The first kappa shape index (κ1) is 9.45. The largest absolute Gasteiger partial charge is 0.431 e. The number of fused-ring (bicyclic) bond motifs is 1. The second kappa shape index (κ2) is 3.57. The summed E-state index contributed by atoms with van der Waals surface area (Å²) in [5.74, 6) is 0. The highest BCUT2D eigenvalue weighted by Crippen LogP contribution is 2.30. The second-order valence-corrected chi connectivity index (χ2v) is 3.44. The van der Waals surface area contributed by atoms with Gasteiger partial charge < -0.3 is 4.42 Å². The molecule has 0 saturated heterocycles. The van der Waals surface area contributed by atoms with Crippen LogP contribution in [-0.2, 0) is 0 Å². The Labute approximate surface area is 83.3 Å². The van der Waals surface area contributed by atoms with E-state index in [0.717, 1.165) is 0 Å². The highest BCUT2D eigenvalue weighted by Gasteiger charge is 2.15. The molecule has 0 amide bonds. The van der Waals surface area contributed by atoms with E-state index in [2.05, 4.69) is 4.98 Å². The summed E-state index contributed by atoms with van der Waals surface area (Å²) in [6.07, 6.45) is -0.742. The summed E-state index contributed by atoms with van der Waals surface area (Å²) in [4.78, 5) is 4.04. The van der Waals surface area contributed by atoms with Gasteiger partial charge in [-0.2, -0.15) is 0 Å². The Bertz CT molecular complexity index is 455. The first-order chi connectivity index (χ1) is 6.72. The molecule has 74 valence electrons. The maximum Gasteiger partial charge on any atom is 0.267 e. The summed E-state index contributed by atoms with van der Waals surface area (Å²) in [5.41, 5.74) is 0.564. The monoisotopic (exact) mass is 215 g/mol. The minimum absolute atomic E-state index is 0.102. The van der Waals surface area contributed by atoms with Crippen LogP contribution >= 0.6 is 11.8 Å². The fourth-order valence-corrected chi connectivity index (χ4v) is 1.57. The summed E-state index contributed by atoms with van der Waals surface area (Å²) in [6.45, 7) is 0. The number of aromatic nitrogens is 1. The van der Waals surface area contributed by atoms with Gasteiger partial charge in [0.2, 0.25) is 0 Å². The van der Waals surface area contributed by atoms with Crippen LogP contribution in [0.25, 0.3) is 11.1 Å². The van der Waals surface area contributed by atoms with Gasteiger partial charge in [0, 0.05) is 0 Å². The van der Waals surface area contributed by atoms with Crippen molar-refractivity contribution in [3.63, 3.8) is 0 Å². The number of halogens is 2. The fourth-order valence-electron chi connectivity index (χ4n) is 1.21. The van der Waals surface area contributed by atoms with E-state index in [9.17, 15) is 8.78 Å². The van der Waals surface area contributed by atoms with E-state index >= 15 is 0 Å². The molecule has 0 unspecified atom stereocenters. The lowest BCUT2D eigenvalue weighted by Crippen LogP contribution is -1.83. The smallest absolute Gasteiger partial charge is 0.267 e. The number of para-hydroxylation sites is 1. The minimum atomic E-state index is -2.53. The zero-order chi connectivity index (χ0) is 10.1. The molecule has 0 saturated carbocycles. The van der Waals surface area contributed by atoms with Crippen molar-refractivity contribution in [2.45, 2.75) is 11.6 Å². The average Bonchev–Trinajstić information content (AvgIpc) is 2.59. The van der Waals surface area contributed by atoms with Gasteiger partial charge in [0.15, 0.2) is 5.58 Å². The molecule has 1 aromatic heterocycles. The van der Waals surface area contributed by atoms with Crippen molar-refractivity contribution in [2.24, 2.45) is 0 Å². The first-order valence-corrected chi connectivity index (χ1v) is 5.16. The van der Waals surface area contributed by atoms with Gasteiger partial charge in [-0.15, -0.1) is 0 Å². The zero-order valence-electron chi connectivity index (χ0n) is 7.33. The Hall–Kier alpha value is -1.10. The number of alkyl halides is 2.